The first-order valence-corrected chi connectivity index (χ1v) is 14.4. The Hall–Kier alpha value is -3.61. The molecule has 12 nitrogen and oxygen atoms in total. The number of aliphatic hydroxyl groups is 1. The molecule has 1 saturated heterocycles. The van der Waals surface area contributed by atoms with Crippen LogP contribution in [0.3, 0.4) is 0 Å². The van der Waals surface area contributed by atoms with E-state index in [1.54, 1.807) is 29.2 Å². The highest BCUT2D eigenvalue weighted by Crippen LogP contribution is 2.27. The molecule has 0 saturated carbocycles. The van der Waals surface area contributed by atoms with Crippen molar-refractivity contribution >= 4 is 17.5 Å². The summed E-state index contributed by atoms with van der Waals surface area (Å²) in [5, 5.41) is 25.4. The highest BCUT2D eigenvalue weighted by Gasteiger charge is 2.30. The minimum atomic E-state index is -0.980. The third kappa shape index (κ3) is 7.38. The summed E-state index contributed by atoms with van der Waals surface area (Å²) < 4.78 is 9.37. The summed E-state index contributed by atoms with van der Waals surface area (Å²) >= 11 is 0. The number of anilines is 1. The number of aliphatic hydroxyl groups excluding tert-OH is 1. The maximum absolute atomic E-state index is 13.3. The van der Waals surface area contributed by atoms with Gasteiger partial charge in [0.1, 0.15) is 5.69 Å². The first kappa shape index (κ1) is 28.9. The van der Waals surface area contributed by atoms with Crippen LogP contribution in [-0.4, -0.2) is 78.0 Å². The molecule has 3 N–H and O–H groups in total. The minimum absolute atomic E-state index is 0.00452. The van der Waals surface area contributed by atoms with Crippen molar-refractivity contribution in [3.05, 3.63) is 48.2 Å². The van der Waals surface area contributed by atoms with E-state index in [0.29, 0.717) is 43.9 Å². The van der Waals surface area contributed by atoms with Crippen molar-refractivity contribution in [2.75, 3.05) is 25.0 Å². The van der Waals surface area contributed by atoms with Gasteiger partial charge in [-0.3, -0.25) is 23.9 Å². The molecule has 5 heterocycles. The molecule has 220 valence electrons. The Balaban J connectivity index is 1.36. The number of fused-ring (bicyclic) bond motifs is 6. The van der Waals surface area contributed by atoms with Gasteiger partial charge in [0, 0.05) is 44.1 Å². The van der Waals surface area contributed by atoms with E-state index in [9.17, 15) is 14.7 Å². The lowest BCUT2D eigenvalue weighted by Crippen LogP contribution is -2.46. The van der Waals surface area contributed by atoms with E-state index in [1.807, 2.05) is 42.6 Å². The second-order valence-corrected chi connectivity index (χ2v) is 11.7. The summed E-state index contributed by atoms with van der Waals surface area (Å²) in [6, 6.07) is 5.29. The Morgan fingerprint density at radius 1 is 1.00 bits per heavy atom. The molecule has 4 bridgehead atoms. The van der Waals surface area contributed by atoms with Gasteiger partial charge in [-0.15, -0.1) is 0 Å². The molecular formula is C29H40N8O4. The number of amides is 2. The van der Waals surface area contributed by atoms with Gasteiger partial charge in [0.15, 0.2) is 5.69 Å². The second-order valence-electron chi connectivity index (χ2n) is 11.7. The molecule has 3 aromatic rings. The molecule has 2 aliphatic heterocycles. The summed E-state index contributed by atoms with van der Waals surface area (Å²) in [6.45, 7) is 8.27. The third-order valence-electron chi connectivity index (χ3n) is 7.35. The van der Waals surface area contributed by atoms with Crippen LogP contribution in [0, 0.1) is 0 Å². The van der Waals surface area contributed by atoms with E-state index in [-0.39, 0.29) is 23.3 Å². The van der Waals surface area contributed by atoms with Crippen LogP contribution < -0.4 is 10.6 Å². The van der Waals surface area contributed by atoms with Crippen LogP contribution in [0.15, 0.2) is 36.8 Å². The maximum atomic E-state index is 13.3. The Morgan fingerprint density at radius 3 is 2.54 bits per heavy atom. The molecule has 1 unspecified atom stereocenters. The average molecular weight is 565 g/mol. The molecule has 2 aliphatic rings. The number of carbonyl (C=O) groups excluding carboxylic acids is 2. The summed E-state index contributed by atoms with van der Waals surface area (Å²) in [5.41, 5.74) is 1.79. The molecule has 0 aliphatic carbocycles. The van der Waals surface area contributed by atoms with Gasteiger partial charge < -0.3 is 20.5 Å². The van der Waals surface area contributed by atoms with Crippen molar-refractivity contribution in [3.8, 4) is 11.3 Å². The number of ether oxygens (including phenoxy) is 1. The van der Waals surface area contributed by atoms with Gasteiger partial charge in [-0.05, 0) is 58.6 Å². The molecule has 3 aromatic heterocycles. The van der Waals surface area contributed by atoms with Crippen LogP contribution in [0.2, 0.25) is 0 Å². The summed E-state index contributed by atoms with van der Waals surface area (Å²) in [6.07, 6.45) is 9.73. The molecule has 41 heavy (non-hydrogen) atoms. The van der Waals surface area contributed by atoms with Crippen molar-refractivity contribution < 1.29 is 19.4 Å². The first-order chi connectivity index (χ1) is 19.7. The van der Waals surface area contributed by atoms with Crippen LogP contribution in [-0.2, 0) is 11.3 Å². The number of rotatable bonds is 3. The van der Waals surface area contributed by atoms with Gasteiger partial charge in [0.05, 0.1) is 29.2 Å². The SMILES string of the molecule is CC(C)(C)OC(O)N1CCC(n2cc3c(n2)C(=O)NCCCCCCn2cc(cn2)-c2cccc(n2)C(=O)N3)CC1. The fourth-order valence-corrected chi connectivity index (χ4v) is 5.16. The number of hydrogen-bond donors (Lipinski definition) is 3. The van der Waals surface area contributed by atoms with E-state index in [2.05, 4.69) is 25.8 Å². The Bertz CT molecular complexity index is 1350. The fourth-order valence-electron chi connectivity index (χ4n) is 5.16. The molecule has 12 heteroatoms. The molecule has 1 fully saturated rings. The van der Waals surface area contributed by atoms with Crippen molar-refractivity contribution in [2.45, 2.75) is 83.9 Å². The zero-order valence-electron chi connectivity index (χ0n) is 24.0. The molecule has 5 rings (SSSR count). The predicted molar refractivity (Wildman–Crippen MR) is 153 cm³/mol. The zero-order chi connectivity index (χ0) is 29.0. The third-order valence-corrected chi connectivity index (χ3v) is 7.35. The van der Waals surface area contributed by atoms with E-state index >= 15 is 0 Å². The topological polar surface area (TPSA) is 139 Å². The van der Waals surface area contributed by atoms with Crippen LogP contribution in [0.5, 0.6) is 0 Å². The molecule has 0 aromatic carbocycles. The first-order valence-electron chi connectivity index (χ1n) is 14.4. The molecular weight excluding hydrogens is 524 g/mol. The van der Waals surface area contributed by atoms with Gasteiger partial charge >= 0.3 is 0 Å². The molecule has 2 amide bonds. The fraction of sp³-hybridized carbons (Fsp3) is 0.552. The van der Waals surface area contributed by atoms with Gasteiger partial charge in [0.25, 0.3) is 11.8 Å². The Morgan fingerprint density at radius 2 is 1.76 bits per heavy atom. The van der Waals surface area contributed by atoms with Gasteiger partial charge in [-0.25, -0.2) is 4.98 Å². The van der Waals surface area contributed by atoms with Crippen LogP contribution in [0.4, 0.5) is 5.69 Å². The number of nitrogens with one attached hydrogen (secondary N) is 2. The standard InChI is InChI=1S/C29H40N8O4/c1-29(2,3)41-28(40)35-15-11-21(12-16-35)37-19-24-25(34-37)27(39)30-13-6-4-5-7-14-36-18-20(17-31-36)22-9-8-10-23(32-22)26(38)33-24/h8-10,17-19,21,28,40H,4-7,11-16H2,1-3H3,(H,30,39)(H,33,38). The largest absolute Gasteiger partial charge is 0.356 e. The van der Waals surface area contributed by atoms with E-state index in [4.69, 9.17) is 4.74 Å². The number of aromatic nitrogens is 5. The Labute approximate surface area is 240 Å². The zero-order valence-corrected chi connectivity index (χ0v) is 24.0. The smallest absolute Gasteiger partial charge is 0.274 e. The van der Waals surface area contributed by atoms with E-state index < -0.39 is 17.9 Å². The number of piperidine rings is 1. The van der Waals surface area contributed by atoms with Crippen LogP contribution in [0.1, 0.15) is 86.3 Å². The van der Waals surface area contributed by atoms with Gasteiger partial charge in [-0.2, -0.15) is 10.2 Å². The van der Waals surface area contributed by atoms with Crippen molar-refractivity contribution in [1.29, 1.82) is 0 Å². The number of pyridine rings is 1. The number of hydrogen-bond acceptors (Lipinski definition) is 8. The summed E-state index contributed by atoms with van der Waals surface area (Å²) in [4.78, 5) is 33.0. The van der Waals surface area contributed by atoms with Crippen molar-refractivity contribution in [3.63, 3.8) is 0 Å². The lowest BCUT2D eigenvalue weighted by molar-refractivity contribution is -0.243. The number of likely N-dealkylation sites (tertiary alicyclic amines) is 1. The second kappa shape index (κ2) is 12.5. The quantitative estimate of drug-likeness (QED) is 0.411. The van der Waals surface area contributed by atoms with Crippen molar-refractivity contribution in [2.24, 2.45) is 0 Å². The normalized spacial score (nSPS) is 19.0. The summed E-state index contributed by atoms with van der Waals surface area (Å²) in [7, 11) is 0. The van der Waals surface area contributed by atoms with Crippen LogP contribution in [0.25, 0.3) is 11.3 Å². The van der Waals surface area contributed by atoms with Crippen LogP contribution >= 0.6 is 0 Å². The van der Waals surface area contributed by atoms with Crippen molar-refractivity contribution in [1.82, 2.24) is 34.8 Å². The molecule has 0 spiro atoms. The minimum Gasteiger partial charge on any atom is -0.356 e. The average Bonchev–Trinajstić information content (AvgIpc) is 3.59. The maximum Gasteiger partial charge on any atom is 0.274 e. The predicted octanol–water partition coefficient (Wildman–Crippen LogP) is 3.43. The molecule has 1 atom stereocenters. The number of aryl methyl sites for hydroxylation is 1. The van der Waals surface area contributed by atoms with E-state index in [0.717, 1.165) is 37.8 Å². The highest BCUT2D eigenvalue weighted by atomic mass is 16.6. The lowest BCUT2D eigenvalue weighted by atomic mass is 10.1. The van der Waals surface area contributed by atoms with Gasteiger partial charge in [-0.1, -0.05) is 18.9 Å². The monoisotopic (exact) mass is 564 g/mol. The van der Waals surface area contributed by atoms with Gasteiger partial charge in [0.2, 0.25) is 6.41 Å². The van der Waals surface area contributed by atoms with E-state index in [1.165, 1.54) is 0 Å². The number of nitrogens with zero attached hydrogens (tertiary/aromatic N) is 6. The molecule has 0 radical (unpaired) electrons. The number of carbonyl (C=O) groups is 2. The lowest BCUT2D eigenvalue weighted by Gasteiger charge is -2.37. The summed E-state index contributed by atoms with van der Waals surface area (Å²) in [5.74, 6) is -0.748. The highest BCUT2D eigenvalue weighted by molar-refractivity contribution is 6.07. The Kier molecular flexibility index (Phi) is 8.81.